The van der Waals surface area contributed by atoms with Gasteiger partial charge < -0.3 is 4.98 Å². The molecule has 0 fully saturated rings. The predicted molar refractivity (Wildman–Crippen MR) is 73.3 cm³/mol. The highest BCUT2D eigenvalue weighted by atomic mass is 35.5. The highest BCUT2D eigenvalue weighted by molar-refractivity contribution is 7.71. The summed E-state index contributed by atoms with van der Waals surface area (Å²) in [6.07, 6.45) is 0. The molecule has 102 valence electrons. The number of imidazole rings is 1. The van der Waals surface area contributed by atoms with Gasteiger partial charge in [-0.3, -0.25) is 4.57 Å². The molecule has 1 heterocycles. The van der Waals surface area contributed by atoms with E-state index in [0.29, 0.717) is 5.69 Å². The van der Waals surface area contributed by atoms with Crippen LogP contribution < -0.4 is 0 Å². The molecule has 3 rings (SSSR count). The summed E-state index contributed by atoms with van der Waals surface area (Å²) in [6.45, 7) is 0. The summed E-state index contributed by atoms with van der Waals surface area (Å²) in [5.41, 5.74) is 0.713. The van der Waals surface area contributed by atoms with Gasteiger partial charge in [0.05, 0.1) is 16.2 Å². The molecular formula is C13H6ClF3N2S. The van der Waals surface area contributed by atoms with Crippen molar-refractivity contribution in [3.8, 4) is 5.69 Å². The molecule has 1 N–H and O–H groups in total. The maximum absolute atomic E-state index is 13.7. The molecule has 0 spiro atoms. The fourth-order valence-corrected chi connectivity index (χ4v) is 2.49. The summed E-state index contributed by atoms with van der Waals surface area (Å²) in [5, 5.41) is -0.101. The van der Waals surface area contributed by atoms with Gasteiger partial charge in [0.1, 0.15) is 17.2 Å². The van der Waals surface area contributed by atoms with E-state index >= 15 is 0 Å². The van der Waals surface area contributed by atoms with Gasteiger partial charge in [-0.25, -0.2) is 13.2 Å². The van der Waals surface area contributed by atoms with E-state index in [2.05, 4.69) is 4.98 Å². The summed E-state index contributed by atoms with van der Waals surface area (Å²) in [4.78, 5) is 2.65. The molecule has 0 aliphatic heterocycles. The van der Waals surface area contributed by atoms with E-state index in [1.807, 2.05) is 0 Å². The number of benzene rings is 2. The van der Waals surface area contributed by atoms with Crippen LogP contribution in [0.15, 0.2) is 30.3 Å². The zero-order valence-corrected chi connectivity index (χ0v) is 11.3. The van der Waals surface area contributed by atoms with Crippen LogP contribution in [0.4, 0.5) is 13.2 Å². The molecule has 0 amide bonds. The Hall–Kier alpha value is -1.79. The molecule has 0 radical (unpaired) electrons. The van der Waals surface area contributed by atoms with Gasteiger partial charge in [-0.05, 0) is 30.4 Å². The van der Waals surface area contributed by atoms with Gasteiger partial charge in [-0.15, -0.1) is 0 Å². The summed E-state index contributed by atoms with van der Waals surface area (Å²) in [5.74, 6) is -2.07. The van der Waals surface area contributed by atoms with Crippen molar-refractivity contribution in [3.63, 3.8) is 0 Å². The molecule has 2 nitrogen and oxygen atoms in total. The Morgan fingerprint density at radius 1 is 1.05 bits per heavy atom. The summed E-state index contributed by atoms with van der Waals surface area (Å²) in [6, 6.07) is 5.82. The molecule has 0 bridgehead atoms. The SMILES string of the molecule is Fc1cc(F)c2[nH]c(=S)n(-c3ccc(F)c(Cl)c3)c2c1. The standard InChI is InChI=1S/C13H6ClF3N2S/c14-8-5-7(1-2-9(8)16)19-11-4-6(15)3-10(17)12(11)18-13(19)20/h1-5H,(H,18,20). The van der Waals surface area contributed by atoms with Crippen molar-refractivity contribution in [2.45, 2.75) is 0 Å². The number of halogens is 4. The third-order valence-corrected chi connectivity index (χ3v) is 3.45. The Labute approximate surface area is 121 Å². The third kappa shape index (κ3) is 2.01. The molecule has 0 saturated carbocycles. The monoisotopic (exact) mass is 314 g/mol. The number of nitrogens with zero attached hydrogens (tertiary/aromatic N) is 1. The number of fused-ring (bicyclic) bond motifs is 1. The smallest absolute Gasteiger partial charge is 0.182 e. The minimum absolute atomic E-state index is 0.0804. The fraction of sp³-hybridized carbons (Fsp3) is 0. The first-order valence-corrected chi connectivity index (χ1v) is 6.31. The first-order valence-electron chi connectivity index (χ1n) is 5.52. The van der Waals surface area contributed by atoms with Crippen molar-refractivity contribution >= 4 is 34.9 Å². The molecular weight excluding hydrogens is 309 g/mol. The van der Waals surface area contributed by atoms with Crippen molar-refractivity contribution in [3.05, 3.63) is 57.6 Å². The minimum atomic E-state index is -0.752. The topological polar surface area (TPSA) is 20.7 Å². The molecule has 0 atom stereocenters. The Bertz CT molecular complexity index is 885. The lowest BCUT2D eigenvalue weighted by atomic mass is 10.2. The normalized spacial score (nSPS) is 11.2. The van der Waals surface area contributed by atoms with Crippen molar-refractivity contribution in [1.82, 2.24) is 9.55 Å². The lowest BCUT2D eigenvalue weighted by Gasteiger charge is -2.06. The molecule has 0 aliphatic carbocycles. The van der Waals surface area contributed by atoms with Gasteiger partial charge in [-0.2, -0.15) is 0 Å². The lowest BCUT2D eigenvalue weighted by molar-refractivity contribution is 0.590. The summed E-state index contributed by atoms with van der Waals surface area (Å²) >= 11 is 10.8. The van der Waals surface area contributed by atoms with E-state index in [-0.39, 0.29) is 20.8 Å². The highest BCUT2D eigenvalue weighted by Gasteiger charge is 2.13. The number of hydrogen-bond acceptors (Lipinski definition) is 1. The van der Waals surface area contributed by atoms with Gasteiger partial charge in [0.2, 0.25) is 0 Å². The quantitative estimate of drug-likeness (QED) is 0.642. The molecule has 20 heavy (non-hydrogen) atoms. The number of hydrogen-bond donors (Lipinski definition) is 1. The number of rotatable bonds is 1. The van der Waals surface area contributed by atoms with Crippen LogP contribution >= 0.6 is 23.8 Å². The highest BCUT2D eigenvalue weighted by Crippen LogP contribution is 2.25. The largest absolute Gasteiger partial charge is 0.328 e. The number of nitrogens with one attached hydrogen (secondary N) is 1. The van der Waals surface area contributed by atoms with Gasteiger partial charge in [0.25, 0.3) is 0 Å². The van der Waals surface area contributed by atoms with Gasteiger partial charge in [0, 0.05) is 12.1 Å². The van der Waals surface area contributed by atoms with E-state index in [0.717, 1.165) is 18.2 Å². The zero-order valence-electron chi connectivity index (χ0n) is 9.75. The average Bonchev–Trinajstić information content (AvgIpc) is 2.70. The number of aromatic nitrogens is 2. The predicted octanol–water partition coefficient (Wildman–Crippen LogP) is 4.76. The Morgan fingerprint density at radius 2 is 1.80 bits per heavy atom. The molecule has 0 unspecified atom stereocenters. The van der Waals surface area contributed by atoms with E-state index < -0.39 is 17.5 Å². The number of aromatic amines is 1. The lowest BCUT2D eigenvalue weighted by Crippen LogP contribution is -1.95. The van der Waals surface area contributed by atoms with Crippen LogP contribution in [-0.2, 0) is 0 Å². The molecule has 2 aromatic carbocycles. The third-order valence-electron chi connectivity index (χ3n) is 2.87. The van der Waals surface area contributed by atoms with Crippen LogP contribution in [0.25, 0.3) is 16.7 Å². The Morgan fingerprint density at radius 3 is 2.50 bits per heavy atom. The van der Waals surface area contributed by atoms with Crippen LogP contribution in [0, 0.1) is 22.2 Å². The maximum atomic E-state index is 13.7. The molecule has 7 heteroatoms. The molecule has 1 aromatic heterocycles. The van der Waals surface area contributed by atoms with Crippen molar-refractivity contribution in [2.75, 3.05) is 0 Å². The van der Waals surface area contributed by atoms with Crippen molar-refractivity contribution < 1.29 is 13.2 Å². The van der Waals surface area contributed by atoms with E-state index in [9.17, 15) is 13.2 Å². The second kappa shape index (κ2) is 4.64. The Kier molecular flexibility index (Phi) is 3.07. The van der Waals surface area contributed by atoms with E-state index in [1.54, 1.807) is 0 Å². The van der Waals surface area contributed by atoms with Crippen LogP contribution in [-0.4, -0.2) is 9.55 Å². The average molecular weight is 315 g/mol. The Balaban J connectivity index is 2.38. The zero-order chi connectivity index (χ0) is 14.4. The maximum Gasteiger partial charge on any atom is 0.182 e. The number of H-pyrrole nitrogens is 1. The van der Waals surface area contributed by atoms with Crippen LogP contribution in [0.1, 0.15) is 0 Å². The van der Waals surface area contributed by atoms with Gasteiger partial charge in [0.15, 0.2) is 10.6 Å². The van der Waals surface area contributed by atoms with Crippen molar-refractivity contribution in [2.24, 2.45) is 0 Å². The van der Waals surface area contributed by atoms with Crippen LogP contribution in [0.5, 0.6) is 0 Å². The van der Waals surface area contributed by atoms with E-state index in [4.69, 9.17) is 23.8 Å². The van der Waals surface area contributed by atoms with Crippen molar-refractivity contribution in [1.29, 1.82) is 0 Å². The van der Waals surface area contributed by atoms with Crippen LogP contribution in [0.3, 0.4) is 0 Å². The van der Waals surface area contributed by atoms with E-state index in [1.165, 1.54) is 16.7 Å². The molecule has 0 saturated heterocycles. The van der Waals surface area contributed by atoms with Crippen LogP contribution in [0.2, 0.25) is 5.02 Å². The van der Waals surface area contributed by atoms with Gasteiger partial charge in [-0.1, -0.05) is 11.6 Å². The first-order chi connectivity index (χ1) is 9.47. The minimum Gasteiger partial charge on any atom is -0.328 e. The second-order valence-corrected chi connectivity index (χ2v) is 4.94. The fourth-order valence-electron chi connectivity index (χ4n) is 2.01. The first kappa shape index (κ1) is 13.2. The summed E-state index contributed by atoms with van der Waals surface area (Å²) in [7, 11) is 0. The molecule has 0 aliphatic rings. The van der Waals surface area contributed by atoms with Gasteiger partial charge >= 0.3 is 0 Å². The molecule has 3 aromatic rings. The summed E-state index contributed by atoms with van der Waals surface area (Å²) < 4.78 is 41.8. The second-order valence-electron chi connectivity index (χ2n) is 4.15.